The van der Waals surface area contributed by atoms with Gasteiger partial charge in [0.2, 0.25) is 5.95 Å². The van der Waals surface area contributed by atoms with Gasteiger partial charge >= 0.3 is 0 Å². The van der Waals surface area contributed by atoms with Crippen LogP contribution in [0.25, 0.3) is 5.70 Å². The van der Waals surface area contributed by atoms with Gasteiger partial charge in [-0.2, -0.15) is 10.1 Å². The molecule has 0 fully saturated rings. The summed E-state index contributed by atoms with van der Waals surface area (Å²) >= 11 is 0. The van der Waals surface area contributed by atoms with E-state index in [0.717, 1.165) is 16.8 Å². The van der Waals surface area contributed by atoms with E-state index in [1.54, 1.807) is 22.9 Å². The van der Waals surface area contributed by atoms with E-state index >= 15 is 0 Å². The lowest BCUT2D eigenvalue weighted by Gasteiger charge is -2.24. The van der Waals surface area contributed by atoms with Crippen LogP contribution in [0.1, 0.15) is 17.2 Å². The normalized spacial score (nSPS) is 16.4. The molecule has 1 atom stereocenters. The summed E-state index contributed by atoms with van der Waals surface area (Å²) in [6.45, 7) is 0. The molecule has 1 aliphatic rings. The average molecular weight is 310 g/mol. The van der Waals surface area contributed by atoms with Gasteiger partial charge in [-0.25, -0.2) is 13.5 Å². The van der Waals surface area contributed by atoms with E-state index in [9.17, 15) is 8.78 Å². The first-order valence-corrected chi connectivity index (χ1v) is 7.10. The molecule has 0 aliphatic carbocycles. The van der Waals surface area contributed by atoms with Gasteiger partial charge in [0, 0.05) is 5.70 Å². The average Bonchev–Trinajstić information content (AvgIpc) is 3.03. The number of aromatic nitrogens is 3. The van der Waals surface area contributed by atoms with E-state index in [1.165, 1.54) is 30.6 Å². The second kappa shape index (κ2) is 5.31. The Morgan fingerprint density at radius 2 is 1.83 bits per heavy atom. The van der Waals surface area contributed by atoms with Crippen LogP contribution in [0.3, 0.4) is 0 Å². The minimum absolute atomic E-state index is 0.287. The van der Waals surface area contributed by atoms with Crippen molar-refractivity contribution in [1.29, 1.82) is 0 Å². The summed E-state index contributed by atoms with van der Waals surface area (Å²) in [4.78, 5) is 4.18. The van der Waals surface area contributed by atoms with Crippen molar-refractivity contribution in [1.82, 2.24) is 14.8 Å². The van der Waals surface area contributed by atoms with Gasteiger partial charge in [0.1, 0.15) is 24.0 Å². The van der Waals surface area contributed by atoms with E-state index < -0.39 is 0 Å². The number of nitrogens with one attached hydrogen (secondary N) is 1. The third-order valence-corrected chi connectivity index (χ3v) is 3.75. The highest BCUT2D eigenvalue weighted by molar-refractivity contribution is 5.77. The van der Waals surface area contributed by atoms with E-state index in [2.05, 4.69) is 15.4 Å². The summed E-state index contributed by atoms with van der Waals surface area (Å²) in [6, 6.07) is 12.2. The first kappa shape index (κ1) is 13.6. The topological polar surface area (TPSA) is 42.7 Å². The molecule has 1 aliphatic heterocycles. The number of fused-ring (bicyclic) bond motifs is 1. The quantitative estimate of drug-likeness (QED) is 0.786. The molecule has 4 rings (SSSR count). The monoisotopic (exact) mass is 310 g/mol. The lowest BCUT2D eigenvalue weighted by Crippen LogP contribution is -2.20. The predicted molar refractivity (Wildman–Crippen MR) is 82.6 cm³/mol. The Labute approximate surface area is 131 Å². The Bertz CT molecular complexity index is 884. The Kier molecular flexibility index (Phi) is 3.15. The van der Waals surface area contributed by atoms with Crippen molar-refractivity contribution >= 4 is 11.6 Å². The minimum Gasteiger partial charge on any atom is -0.324 e. The number of rotatable bonds is 2. The Hall–Kier alpha value is -3.02. The number of nitrogens with zero attached hydrogens (tertiary/aromatic N) is 3. The Balaban J connectivity index is 1.81. The molecular weight excluding hydrogens is 298 g/mol. The minimum atomic E-state index is -0.306. The maximum absolute atomic E-state index is 13.6. The second-order valence-corrected chi connectivity index (χ2v) is 5.24. The number of hydrogen-bond acceptors (Lipinski definition) is 3. The van der Waals surface area contributed by atoms with Crippen molar-refractivity contribution in [3.05, 3.63) is 83.7 Å². The summed E-state index contributed by atoms with van der Waals surface area (Å²) in [7, 11) is 0. The second-order valence-electron chi connectivity index (χ2n) is 5.24. The molecule has 1 N–H and O–H groups in total. The zero-order valence-electron chi connectivity index (χ0n) is 11.9. The van der Waals surface area contributed by atoms with Gasteiger partial charge in [-0.3, -0.25) is 0 Å². The van der Waals surface area contributed by atoms with Crippen LogP contribution in [0.4, 0.5) is 14.7 Å². The van der Waals surface area contributed by atoms with Gasteiger partial charge in [0.25, 0.3) is 0 Å². The molecule has 0 saturated heterocycles. The van der Waals surface area contributed by atoms with Crippen molar-refractivity contribution in [2.24, 2.45) is 0 Å². The molecule has 23 heavy (non-hydrogen) atoms. The van der Waals surface area contributed by atoms with E-state index in [4.69, 9.17) is 0 Å². The molecule has 1 aromatic heterocycles. The number of anilines is 1. The van der Waals surface area contributed by atoms with E-state index in [1.807, 2.05) is 12.1 Å². The van der Waals surface area contributed by atoms with E-state index in [0.29, 0.717) is 5.95 Å². The summed E-state index contributed by atoms with van der Waals surface area (Å²) in [5.74, 6) is -0.0458. The van der Waals surface area contributed by atoms with Gasteiger partial charge in [-0.15, -0.1) is 0 Å². The fourth-order valence-electron chi connectivity index (χ4n) is 2.66. The smallest absolute Gasteiger partial charge is 0.226 e. The maximum Gasteiger partial charge on any atom is 0.226 e. The van der Waals surface area contributed by atoms with Crippen molar-refractivity contribution < 1.29 is 8.78 Å². The highest BCUT2D eigenvalue weighted by Crippen LogP contribution is 2.32. The molecular formula is C17H12F2N4. The van der Waals surface area contributed by atoms with Gasteiger partial charge in [-0.05, 0) is 53.6 Å². The zero-order valence-corrected chi connectivity index (χ0v) is 11.9. The zero-order chi connectivity index (χ0) is 15.8. The lowest BCUT2D eigenvalue weighted by molar-refractivity contribution is 0.593. The molecule has 6 heteroatoms. The van der Waals surface area contributed by atoms with Crippen molar-refractivity contribution in [2.75, 3.05) is 5.32 Å². The fourth-order valence-corrected chi connectivity index (χ4v) is 2.66. The maximum atomic E-state index is 13.6. The molecule has 4 nitrogen and oxygen atoms in total. The first-order chi connectivity index (χ1) is 11.2. The number of hydrogen-bond donors (Lipinski definition) is 1. The summed E-state index contributed by atoms with van der Waals surface area (Å²) in [5.41, 5.74) is 2.36. The number of halogens is 2. The SMILES string of the molecule is Fc1ccc(C2=CC(c3cccc(F)c3)n3ncnc3N2)cc1. The van der Waals surface area contributed by atoms with Gasteiger partial charge in [-0.1, -0.05) is 12.1 Å². The lowest BCUT2D eigenvalue weighted by atomic mass is 10.0. The van der Waals surface area contributed by atoms with Crippen LogP contribution in [-0.4, -0.2) is 14.8 Å². The van der Waals surface area contributed by atoms with Crippen LogP contribution >= 0.6 is 0 Å². The van der Waals surface area contributed by atoms with Crippen LogP contribution in [0.5, 0.6) is 0 Å². The third-order valence-electron chi connectivity index (χ3n) is 3.75. The third kappa shape index (κ3) is 2.48. The number of benzene rings is 2. The van der Waals surface area contributed by atoms with Crippen LogP contribution in [0.15, 0.2) is 60.9 Å². The molecule has 2 aromatic carbocycles. The molecule has 1 unspecified atom stereocenters. The predicted octanol–water partition coefficient (Wildman–Crippen LogP) is 3.61. The van der Waals surface area contributed by atoms with E-state index in [-0.39, 0.29) is 17.7 Å². The molecule has 0 saturated carbocycles. The highest BCUT2D eigenvalue weighted by atomic mass is 19.1. The van der Waals surface area contributed by atoms with Gasteiger partial charge < -0.3 is 5.32 Å². The Morgan fingerprint density at radius 3 is 2.61 bits per heavy atom. The molecule has 0 amide bonds. The van der Waals surface area contributed by atoms with Crippen LogP contribution < -0.4 is 5.32 Å². The van der Waals surface area contributed by atoms with Crippen LogP contribution in [0, 0.1) is 11.6 Å². The summed E-state index contributed by atoms with van der Waals surface area (Å²) in [5, 5.41) is 7.36. The number of allylic oxidation sites excluding steroid dienone is 1. The van der Waals surface area contributed by atoms with Crippen LogP contribution in [-0.2, 0) is 0 Å². The fraction of sp³-hybridized carbons (Fsp3) is 0.0588. The first-order valence-electron chi connectivity index (χ1n) is 7.10. The van der Waals surface area contributed by atoms with Crippen molar-refractivity contribution in [2.45, 2.75) is 6.04 Å². The standard InChI is InChI=1S/C17H12F2N4/c18-13-6-4-11(5-7-13)15-9-16(12-2-1-3-14(19)8-12)23-17(22-15)20-10-21-23/h1-10,16H,(H,20,21,22). The largest absolute Gasteiger partial charge is 0.324 e. The Morgan fingerprint density at radius 1 is 1.00 bits per heavy atom. The van der Waals surface area contributed by atoms with Crippen molar-refractivity contribution in [3.63, 3.8) is 0 Å². The van der Waals surface area contributed by atoms with Gasteiger partial charge in [0.15, 0.2) is 0 Å². The van der Waals surface area contributed by atoms with Crippen molar-refractivity contribution in [3.8, 4) is 0 Å². The summed E-state index contributed by atoms with van der Waals surface area (Å²) < 4.78 is 28.4. The summed E-state index contributed by atoms with van der Waals surface area (Å²) in [6.07, 6.45) is 3.36. The van der Waals surface area contributed by atoms with Crippen LogP contribution in [0.2, 0.25) is 0 Å². The molecule has 114 valence electrons. The molecule has 3 aromatic rings. The molecule has 2 heterocycles. The molecule has 0 radical (unpaired) electrons. The molecule has 0 bridgehead atoms. The molecule has 0 spiro atoms. The highest BCUT2D eigenvalue weighted by Gasteiger charge is 2.23. The van der Waals surface area contributed by atoms with Gasteiger partial charge in [0.05, 0.1) is 0 Å².